The Morgan fingerprint density at radius 2 is 1.92 bits per heavy atom. The summed E-state index contributed by atoms with van der Waals surface area (Å²) < 4.78 is 25.0. The average molecular weight is 273 g/mol. The van der Waals surface area contributed by atoms with Gasteiger partial charge in [0.25, 0.3) is 6.43 Å². The Morgan fingerprint density at radius 1 is 1.31 bits per heavy atom. The van der Waals surface area contributed by atoms with Crippen LogP contribution in [-0.4, -0.2) is 6.43 Å². The summed E-state index contributed by atoms with van der Waals surface area (Å²) in [6, 6.07) is 5.43. The third-order valence-electron chi connectivity index (χ3n) is 1.51. The smallest absolute Gasteiger partial charge is 0.257 e. The van der Waals surface area contributed by atoms with Crippen molar-refractivity contribution in [2.75, 3.05) is 0 Å². The fourth-order valence-corrected chi connectivity index (χ4v) is 1.28. The van der Waals surface area contributed by atoms with Crippen molar-refractivity contribution in [2.24, 2.45) is 5.73 Å². The molecule has 0 heterocycles. The molecule has 0 bridgehead atoms. The van der Waals surface area contributed by atoms with Crippen molar-refractivity contribution >= 4 is 28.3 Å². The van der Waals surface area contributed by atoms with Crippen LogP contribution in [0, 0.1) is 0 Å². The summed E-state index contributed by atoms with van der Waals surface area (Å²) in [4.78, 5) is 0. The van der Waals surface area contributed by atoms with Crippen molar-refractivity contribution in [2.45, 2.75) is 12.5 Å². The minimum absolute atomic E-state index is 0. The molecule has 0 spiro atoms. The van der Waals surface area contributed by atoms with Gasteiger partial charge in [0, 0.05) is 4.47 Å². The van der Waals surface area contributed by atoms with E-state index in [0.717, 1.165) is 4.47 Å². The molecule has 0 amide bonds. The predicted octanol–water partition coefficient (Wildman–Crippen LogP) is 3.14. The molecule has 0 aliphatic heterocycles. The molecule has 1 aromatic rings. The molecule has 0 fully saturated rings. The molecule has 0 saturated carbocycles. The SMILES string of the molecule is Cl.N[C@@H](c1cccc(Br)c1)C(F)F. The van der Waals surface area contributed by atoms with Gasteiger partial charge in [0.1, 0.15) is 0 Å². The van der Waals surface area contributed by atoms with E-state index in [1.54, 1.807) is 24.3 Å². The van der Waals surface area contributed by atoms with Gasteiger partial charge in [-0.05, 0) is 17.7 Å². The molecule has 0 radical (unpaired) electrons. The lowest BCUT2D eigenvalue weighted by Crippen LogP contribution is -2.18. The molecule has 1 nitrogen and oxygen atoms in total. The van der Waals surface area contributed by atoms with Crippen molar-refractivity contribution < 1.29 is 8.78 Å². The van der Waals surface area contributed by atoms with E-state index >= 15 is 0 Å². The second-order valence-electron chi connectivity index (χ2n) is 2.42. The molecular formula is C8H9BrClF2N. The van der Waals surface area contributed by atoms with E-state index in [2.05, 4.69) is 15.9 Å². The van der Waals surface area contributed by atoms with Gasteiger partial charge in [-0.1, -0.05) is 28.1 Å². The summed E-state index contributed by atoms with van der Waals surface area (Å²) >= 11 is 3.18. The lowest BCUT2D eigenvalue weighted by molar-refractivity contribution is 0.116. The highest BCUT2D eigenvalue weighted by molar-refractivity contribution is 9.10. The van der Waals surface area contributed by atoms with Gasteiger partial charge in [-0.3, -0.25) is 0 Å². The standard InChI is InChI=1S/C8H8BrF2N.ClH/c9-6-3-1-2-5(4-6)7(12)8(10)11;/h1-4,7-8H,12H2;1H/t7-;/m0./s1. The minimum atomic E-state index is -2.51. The predicted molar refractivity (Wildman–Crippen MR) is 54.3 cm³/mol. The molecule has 2 N–H and O–H groups in total. The maximum Gasteiger partial charge on any atom is 0.257 e. The van der Waals surface area contributed by atoms with Crippen LogP contribution in [0.1, 0.15) is 11.6 Å². The first-order chi connectivity index (χ1) is 5.61. The Kier molecular flexibility index (Phi) is 5.44. The van der Waals surface area contributed by atoms with Gasteiger partial charge in [-0.2, -0.15) is 0 Å². The van der Waals surface area contributed by atoms with Gasteiger partial charge in [0.2, 0.25) is 0 Å². The zero-order valence-electron chi connectivity index (χ0n) is 6.58. The molecule has 1 rings (SSSR count). The Labute approximate surface area is 89.9 Å². The van der Waals surface area contributed by atoms with Crippen molar-refractivity contribution in [3.05, 3.63) is 34.3 Å². The molecule has 13 heavy (non-hydrogen) atoms. The van der Waals surface area contributed by atoms with Crippen LogP contribution in [0.3, 0.4) is 0 Å². The largest absolute Gasteiger partial charge is 0.319 e. The molecule has 0 aromatic heterocycles. The van der Waals surface area contributed by atoms with E-state index in [4.69, 9.17) is 5.73 Å². The Bertz CT molecular complexity index is 270. The number of alkyl halides is 2. The molecular weight excluding hydrogens is 263 g/mol. The van der Waals surface area contributed by atoms with Crippen LogP contribution in [0.15, 0.2) is 28.7 Å². The van der Waals surface area contributed by atoms with E-state index in [1.165, 1.54) is 0 Å². The maximum absolute atomic E-state index is 12.1. The number of hydrogen-bond donors (Lipinski definition) is 1. The fraction of sp³-hybridized carbons (Fsp3) is 0.250. The lowest BCUT2D eigenvalue weighted by atomic mass is 10.1. The fourth-order valence-electron chi connectivity index (χ4n) is 0.859. The van der Waals surface area contributed by atoms with Crippen LogP contribution in [0.2, 0.25) is 0 Å². The van der Waals surface area contributed by atoms with E-state index in [0.29, 0.717) is 5.56 Å². The van der Waals surface area contributed by atoms with E-state index in [-0.39, 0.29) is 12.4 Å². The third-order valence-corrected chi connectivity index (χ3v) is 2.00. The van der Waals surface area contributed by atoms with Crippen LogP contribution in [0.5, 0.6) is 0 Å². The van der Waals surface area contributed by atoms with Crippen molar-refractivity contribution in [1.29, 1.82) is 0 Å². The van der Waals surface area contributed by atoms with Crippen LogP contribution in [0.4, 0.5) is 8.78 Å². The number of benzene rings is 1. The first-order valence-electron chi connectivity index (χ1n) is 3.40. The van der Waals surface area contributed by atoms with Gasteiger partial charge >= 0.3 is 0 Å². The van der Waals surface area contributed by atoms with Crippen LogP contribution in [0.25, 0.3) is 0 Å². The van der Waals surface area contributed by atoms with Crippen LogP contribution >= 0.6 is 28.3 Å². The normalized spacial score (nSPS) is 12.4. The minimum Gasteiger partial charge on any atom is -0.319 e. The molecule has 0 saturated heterocycles. The topological polar surface area (TPSA) is 26.0 Å². The second kappa shape index (κ2) is 5.52. The van der Waals surface area contributed by atoms with Crippen molar-refractivity contribution in [1.82, 2.24) is 0 Å². The van der Waals surface area contributed by atoms with Crippen molar-refractivity contribution in [3.63, 3.8) is 0 Å². The molecule has 1 atom stereocenters. The highest BCUT2D eigenvalue weighted by Gasteiger charge is 2.16. The maximum atomic E-state index is 12.1. The summed E-state index contributed by atoms with van der Waals surface area (Å²) in [5.41, 5.74) is 5.68. The Hall–Kier alpha value is -0.190. The van der Waals surface area contributed by atoms with Gasteiger partial charge in [0.15, 0.2) is 0 Å². The summed E-state index contributed by atoms with van der Waals surface area (Å²) in [7, 11) is 0. The first kappa shape index (κ1) is 12.8. The number of hydrogen-bond acceptors (Lipinski definition) is 1. The zero-order valence-corrected chi connectivity index (χ0v) is 8.99. The third kappa shape index (κ3) is 3.58. The van der Waals surface area contributed by atoms with Gasteiger partial charge in [-0.25, -0.2) is 8.78 Å². The quantitative estimate of drug-likeness (QED) is 0.879. The second-order valence-corrected chi connectivity index (χ2v) is 3.33. The molecule has 0 aliphatic carbocycles. The summed E-state index contributed by atoms with van der Waals surface area (Å²) in [6.45, 7) is 0. The summed E-state index contributed by atoms with van der Waals surface area (Å²) in [6.07, 6.45) is -2.51. The van der Waals surface area contributed by atoms with Crippen LogP contribution < -0.4 is 5.73 Å². The molecule has 0 unspecified atom stereocenters. The van der Waals surface area contributed by atoms with Gasteiger partial charge in [-0.15, -0.1) is 12.4 Å². The highest BCUT2D eigenvalue weighted by atomic mass is 79.9. The molecule has 1 aromatic carbocycles. The Balaban J connectivity index is 0.00000144. The lowest BCUT2D eigenvalue weighted by Gasteiger charge is -2.10. The summed E-state index contributed by atoms with van der Waals surface area (Å²) in [5.74, 6) is 0. The van der Waals surface area contributed by atoms with E-state index in [9.17, 15) is 8.78 Å². The molecule has 74 valence electrons. The van der Waals surface area contributed by atoms with Crippen molar-refractivity contribution in [3.8, 4) is 0 Å². The summed E-state index contributed by atoms with van der Waals surface area (Å²) in [5, 5.41) is 0. The van der Waals surface area contributed by atoms with Crippen LogP contribution in [-0.2, 0) is 0 Å². The van der Waals surface area contributed by atoms with Gasteiger partial charge < -0.3 is 5.73 Å². The van der Waals surface area contributed by atoms with E-state index in [1.807, 2.05) is 0 Å². The first-order valence-corrected chi connectivity index (χ1v) is 4.20. The molecule has 5 heteroatoms. The highest BCUT2D eigenvalue weighted by Crippen LogP contribution is 2.20. The molecule has 0 aliphatic rings. The zero-order chi connectivity index (χ0) is 9.14. The number of nitrogens with two attached hydrogens (primary N) is 1. The average Bonchev–Trinajstić information content (AvgIpc) is 2.03. The number of rotatable bonds is 2. The van der Waals surface area contributed by atoms with E-state index < -0.39 is 12.5 Å². The number of halogens is 4. The Morgan fingerprint density at radius 3 is 2.38 bits per heavy atom. The van der Waals surface area contributed by atoms with Gasteiger partial charge in [0.05, 0.1) is 6.04 Å². The monoisotopic (exact) mass is 271 g/mol.